The number of aliphatic carboxylic acids is 1. The first-order valence-corrected chi connectivity index (χ1v) is 8.43. The van der Waals surface area contributed by atoms with Crippen molar-refractivity contribution in [1.29, 1.82) is 0 Å². The van der Waals surface area contributed by atoms with Crippen LogP contribution in [0.1, 0.15) is 56.2 Å². The zero-order valence-electron chi connectivity index (χ0n) is 15.1. The van der Waals surface area contributed by atoms with E-state index in [1.807, 2.05) is 6.07 Å². The summed E-state index contributed by atoms with van der Waals surface area (Å²) in [5.74, 6) is -1.10. The number of amides is 1. The number of hydrogen-bond acceptors (Lipinski definition) is 5. The number of nitrogens with zero attached hydrogens (tertiary/aromatic N) is 4. The first kappa shape index (κ1) is 17.4. The molecule has 25 heavy (non-hydrogen) atoms. The van der Waals surface area contributed by atoms with E-state index in [4.69, 9.17) is 9.94 Å². The zero-order chi connectivity index (χ0) is 18.4. The Bertz CT molecular complexity index is 736. The van der Waals surface area contributed by atoms with Gasteiger partial charge < -0.3 is 14.8 Å². The second-order valence-electron chi connectivity index (χ2n) is 7.87. The third kappa shape index (κ3) is 3.25. The molecule has 3 rings (SSSR count). The molecule has 0 radical (unpaired) electrons. The smallest absolute Gasteiger partial charge is 0.353 e. The summed E-state index contributed by atoms with van der Waals surface area (Å²) in [7, 11) is 1.78. The first-order chi connectivity index (χ1) is 11.6. The molecule has 8 nitrogen and oxygen atoms in total. The van der Waals surface area contributed by atoms with Gasteiger partial charge in [0.25, 0.3) is 5.91 Å². The van der Waals surface area contributed by atoms with Crippen LogP contribution in [-0.2, 0) is 22.1 Å². The Morgan fingerprint density at radius 3 is 2.40 bits per heavy atom. The van der Waals surface area contributed by atoms with Gasteiger partial charge in [-0.3, -0.25) is 9.48 Å². The van der Waals surface area contributed by atoms with Crippen molar-refractivity contribution in [3.63, 3.8) is 0 Å². The second-order valence-corrected chi connectivity index (χ2v) is 7.87. The van der Waals surface area contributed by atoms with Gasteiger partial charge in [0.2, 0.25) is 0 Å². The molecule has 1 amide bonds. The van der Waals surface area contributed by atoms with E-state index in [-0.39, 0.29) is 17.0 Å². The molecule has 1 saturated heterocycles. The molecular weight excluding hydrogens is 324 g/mol. The van der Waals surface area contributed by atoms with E-state index in [0.717, 1.165) is 5.69 Å². The normalized spacial score (nSPS) is 19.7. The fourth-order valence-electron chi connectivity index (χ4n) is 3.22. The van der Waals surface area contributed by atoms with Crippen LogP contribution in [-0.4, -0.2) is 56.1 Å². The Labute approximate surface area is 146 Å². The predicted molar refractivity (Wildman–Crippen MR) is 90.5 cm³/mol. The van der Waals surface area contributed by atoms with Gasteiger partial charge in [0.05, 0.1) is 5.69 Å². The van der Waals surface area contributed by atoms with Crippen LogP contribution in [0.4, 0.5) is 0 Å². The molecule has 1 N–H and O–H groups in total. The van der Waals surface area contributed by atoms with E-state index in [1.54, 1.807) is 16.6 Å². The summed E-state index contributed by atoms with van der Waals surface area (Å²) in [4.78, 5) is 31.0. The van der Waals surface area contributed by atoms with Crippen LogP contribution in [0.25, 0.3) is 0 Å². The number of aryl methyl sites for hydroxylation is 1. The molecule has 0 aliphatic carbocycles. The summed E-state index contributed by atoms with van der Waals surface area (Å²) in [5.41, 5.74) is 0.806. The number of carbonyl (C=O) groups excluding carboxylic acids is 1. The number of hydrogen-bond donors (Lipinski definition) is 1. The van der Waals surface area contributed by atoms with Crippen molar-refractivity contribution in [3.8, 4) is 0 Å². The maximum absolute atomic E-state index is 12.8. The molecule has 3 heterocycles. The molecular formula is C17H24N4O4. The Morgan fingerprint density at radius 1 is 1.28 bits per heavy atom. The molecule has 1 spiro atoms. The summed E-state index contributed by atoms with van der Waals surface area (Å²) < 4.78 is 1.63. The molecule has 0 bridgehead atoms. The van der Waals surface area contributed by atoms with Crippen molar-refractivity contribution in [3.05, 3.63) is 17.5 Å². The van der Waals surface area contributed by atoms with Crippen molar-refractivity contribution in [2.45, 2.75) is 51.0 Å². The third-order valence-corrected chi connectivity index (χ3v) is 4.92. The Kier molecular flexibility index (Phi) is 4.09. The summed E-state index contributed by atoms with van der Waals surface area (Å²) in [6, 6.07) is 1.85. The molecule has 136 valence electrons. The molecule has 0 saturated carbocycles. The summed E-state index contributed by atoms with van der Waals surface area (Å²) >= 11 is 0. The topological polar surface area (TPSA) is 97.0 Å². The van der Waals surface area contributed by atoms with Gasteiger partial charge in [-0.1, -0.05) is 25.9 Å². The lowest BCUT2D eigenvalue weighted by atomic mass is 9.86. The van der Waals surface area contributed by atoms with Crippen molar-refractivity contribution in [1.82, 2.24) is 14.7 Å². The van der Waals surface area contributed by atoms with Crippen molar-refractivity contribution in [2.75, 3.05) is 13.1 Å². The van der Waals surface area contributed by atoms with Crippen molar-refractivity contribution >= 4 is 17.6 Å². The summed E-state index contributed by atoms with van der Waals surface area (Å²) in [6.45, 7) is 7.21. The average molecular weight is 348 g/mol. The van der Waals surface area contributed by atoms with Gasteiger partial charge in [-0.05, 0) is 6.07 Å². The number of carboxylic acids is 1. The van der Waals surface area contributed by atoms with Crippen LogP contribution in [0, 0.1) is 0 Å². The predicted octanol–water partition coefficient (Wildman–Crippen LogP) is 1.55. The monoisotopic (exact) mass is 348 g/mol. The van der Waals surface area contributed by atoms with Gasteiger partial charge in [0, 0.05) is 44.8 Å². The lowest BCUT2D eigenvalue weighted by Gasteiger charge is -2.37. The zero-order valence-corrected chi connectivity index (χ0v) is 15.1. The summed E-state index contributed by atoms with van der Waals surface area (Å²) in [6.07, 6.45) is 1.44. The maximum Gasteiger partial charge on any atom is 0.353 e. The number of oxime groups is 1. The fourth-order valence-corrected chi connectivity index (χ4v) is 3.22. The van der Waals surface area contributed by atoms with Crippen LogP contribution >= 0.6 is 0 Å². The van der Waals surface area contributed by atoms with E-state index in [1.165, 1.54) is 0 Å². The Hall–Kier alpha value is -2.38. The lowest BCUT2D eigenvalue weighted by molar-refractivity contribution is -0.129. The second kappa shape index (κ2) is 5.86. The molecule has 0 atom stereocenters. The minimum Gasteiger partial charge on any atom is -0.477 e. The molecule has 2 aliphatic heterocycles. The largest absolute Gasteiger partial charge is 0.477 e. The molecule has 8 heteroatoms. The molecule has 1 aromatic heterocycles. The van der Waals surface area contributed by atoms with Crippen molar-refractivity contribution in [2.24, 2.45) is 12.2 Å². The van der Waals surface area contributed by atoms with Gasteiger partial charge in [0.15, 0.2) is 5.71 Å². The fraction of sp³-hybridized carbons (Fsp3) is 0.647. The van der Waals surface area contributed by atoms with Crippen molar-refractivity contribution < 1.29 is 19.5 Å². The highest BCUT2D eigenvalue weighted by atomic mass is 16.7. The molecule has 0 aromatic carbocycles. The van der Waals surface area contributed by atoms with Gasteiger partial charge in [-0.25, -0.2) is 4.79 Å². The first-order valence-electron chi connectivity index (χ1n) is 8.43. The summed E-state index contributed by atoms with van der Waals surface area (Å²) in [5, 5.41) is 17.2. The SMILES string of the molecule is Cn1nc(C(C)(C)C)cc1C(=O)N1CCC2(CC1)CC(C(=O)O)=NO2. The standard InChI is InChI=1S/C17H24N4O4/c1-16(2,3)13-9-12(20(4)18-13)14(22)21-7-5-17(6-8-21)10-11(15(23)24)19-25-17/h9H,5-8,10H2,1-4H3,(H,23,24). The molecule has 0 unspecified atom stereocenters. The number of piperidine rings is 1. The highest BCUT2D eigenvalue weighted by molar-refractivity contribution is 6.36. The third-order valence-electron chi connectivity index (χ3n) is 4.92. The van der Waals surface area contributed by atoms with Crippen LogP contribution in [0.5, 0.6) is 0 Å². The molecule has 2 aliphatic rings. The average Bonchev–Trinajstić information content (AvgIpc) is 3.12. The maximum atomic E-state index is 12.8. The van der Waals surface area contributed by atoms with E-state index in [2.05, 4.69) is 31.0 Å². The number of carboxylic acid groups (broad SMARTS) is 1. The lowest BCUT2D eigenvalue weighted by Crippen LogP contribution is -2.47. The van der Waals surface area contributed by atoms with Crippen LogP contribution in [0.15, 0.2) is 11.2 Å². The van der Waals surface area contributed by atoms with Gasteiger partial charge in [-0.15, -0.1) is 0 Å². The number of likely N-dealkylation sites (tertiary alicyclic amines) is 1. The van der Waals surface area contributed by atoms with Gasteiger partial charge in [0.1, 0.15) is 11.3 Å². The minimum absolute atomic E-state index is 0.0567. The number of aromatic nitrogens is 2. The highest BCUT2D eigenvalue weighted by Crippen LogP contribution is 2.35. The van der Waals surface area contributed by atoms with Crippen LogP contribution < -0.4 is 0 Å². The minimum atomic E-state index is -1.04. The van der Waals surface area contributed by atoms with E-state index in [0.29, 0.717) is 38.0 Å². The molecule has 1 fully saturated rings. The van der Waals surface area contributed by atoms with Crippen LogP contribution in [0.3, 0.4) is 0 Å². The van der Waals surface area contributed by atoms with Gasteiger partial charge >= 0.3 is 5.97 Å². The van der Waals surface area contributed by atoms with E-state index in [9.17, 15) is 9.59 Å². The van der Waals surface area contributed by atoms with E-state index < -0.39 is 11.6 Å². The number of rotatable bonds is 2. The number of carbonyl (C=O) groups is 2. The van der Waals surface area contributed by atoms with Gasteiger partial charge in [-0.2, -0.15) is 5.10 Å². The Morgan fingerprint density at radius 2 is 1.92 bits per heavy atom. The molecule has 1 aromatic rings. The highest BCUT2D eigenvalue weighted by Gasteiger charge is 2.44. The Balaban J connectivity index is 1.67. The van der Waals surface area contributed by atoms with Crippen LogP contribution in [0.2, 0.25) is 0 Å². The quantitative estimate of drug-likeness (QED) is 0.875. The van der Waals surface area contributed by atoms with E-state index >= 15 is 0 Å².